The number of ether oxygens (including phenoxy) is 2. The second-order valence-corrected chi connectivity index (χ2v) is 6.97. The molecule has 2 saturated heterocycles. The fraction of sp³-hybridized carbons (Fsp3) is 0.550. The number of fused-ring (bicyclic) bond motifs is 1. The average Bonchev–Trinajstić information content (AvgIpc) is 3.12. The van der Waals surface area contributed by atoms with Crippen LogP contribution in [0.3, 0.4) is 0 Å². The zero-order valence-electron chi connectivity index (χ0n) is 14.8. The van der Waals surface area contributed by atoms with Crippen molar-refractivity contribution in [2.24, 2.45) is 0 Å². The van der Waals surface area contributed by atoms with E-state index in [1.54, 1.807) is 0 Å². The lowest BCUT2D eigenvalue weighted by Gasteiger charge is -2.35. The Hall–Kier alpha value is -1.85. The van der Waals surface area contributed by atoms with Crippen LogP contribution in [0.1, 0.15) is 36.8 Å². The van der Waals surface area contributed by atoms with Gasteiger partial charge in [0.2, 0.25) is 0 Å². The van der Waals surface area contributed by atoms with E-state index in [0.29, 0.717) is 25.7 Å². The first kappa shape index (κ1) is 16.6. The number of carbonyl (C=O) groups is 1. The Labute approximate surface area is 148 Å². The average molecular weight is 342 g/mol. The first-order chi connectivity index (χ1) is 12.3. The third kappa shape index (κ3) is 3.18. The molecule has 2 fully saturated rings. The van der Waals surface area contributed by atoms with E-state index < -0.39 is 6.10 Å². The van der Waals surface area contributed by atoms with E-state index in [-0.39, 0.29) is 5.91 Å². The van der Waals surface area contributed by atoms with Gasteiger partial charge in [0.25, 0.3) is 5.91 Å². The van der Waals surface area contributed by atoms with Gasteiger partial charge in [-0.2, -0.15) is 0 Å². The maximum atomic E-state index is 12.6. The number of H-pyrrole nitrogens is 1. The number of aryl methyl sites for hydroxylation is 1. The van der Waals surface area contributed by atoms with Gasteiger partial charge in [-0.1, -0.05) is 25.1 Å². The van der Waals surface area contributed by atoms with E-state index in [1.807, 2.05) is 4.90 Å². The van der Waals surface area contributed by atoms with Gasteiger partial charge in [-0.05, 0) is 36.3 Å². The molecule has 0 spiro atoms. The van der Waals surface area contributed by atoms with Gasteiger partial charge in [-0.3, -0.25) is 4.79 Å². The molecule has 2 aromatic rings. The minimum Gasteiger partial charge on any atom is -0.376 e. The molecule has 0 bridgehead atoms. The summed E-state index contributed by atoms with van der Waals surface area (Å²) >= 11 is 0. The summed E-state index contributed by atoms with van der Waals surface area (Å²) in [5.41, 5.74) is 4.03. The lowest BCUT2D eigenvalue weighted by molar-refractivity contribution is -0.158. The molecule has 25 heavy (non-hydrogen) atoms. The van der Waals surface area contributed by atoms with Gasteiger partial charge in [-0.15, -0.1) is 0 Å². The lowest BCUT2D eigenvalue weighted by atomic mass is 9.88. The Bertz CT molecular complexity index is 740. The highest BCUT2D eigenvalue weighted by atomic mass is 16.6. The van der Waals surface area contributed by atoms with Crippen molar-refractivity contribution in [3.05, 3.63) is 35.5 Å². The molecule has 0 aliphatic carbocycles. The SMILES string of the molecule is CCc1cccc2c(C3CCN(C(=O)C4COCCO4)CC3)c[nH]c12. The number of aromatic amines is 1. The smallest absolute Gasteiger partial charge is 0.254 e. The summed E-state index contributed by atoms with van der Waals surface area (Å²) in [6, 6.07) is 6.55. The van der Waals surface area contributed by atoms with Crippen LogP contribution in [0, 0.1) is 0 Å². The molecule has 1 N–H and O–H groups in total. The second-order valence-electron chi connectivity index (χ2n) is 6.97. The lowest BCUT2D eigenvalue weighted by Crippen LogP contribution is -2.47. The zero-order chi connectivity index (χ0) is 17.2. The standard InChI is InChI=1S/C20H26N2O3/c1-2-14-4-3-5-16-17(12-21-19(14)16)15-6-8-22(9-7-15)20(23)18-13-24-10-11-25-18/h3-5,12,15,18,21H,2,6-11,13H2,1H3. The van der Waals surface area contributed by atoms with E-state index in [4.69, 9.17) is 9.47 Å². The summed E-state index contributed by atoms with van der Waals surface area (Å²) in [7, 11) is 0. The number of piperidine rings is 1. The molecule has 2 aliphatic rings. The maximum Gasteiger partial charge on any atom is 0.254 e. The van der Waals surface area contributed by atoms with Gasteiger partial charge in [0.05, 0.1) is 19.8 Å². The van der Waals surface area contributed by atoms with E-state index in [9.17, 15) is 4.79 Å². The topological polar surface area (TPSA) is 54.6 Å². The number of benzene rings is 1. The highest BCUT2D eigenvalue weighted by Crippen LogP contribution is 2.34. The molecule has 0 saturated carbocycles. The van der Waals surface area contributed by atoms with Gasteiger partial charge in [0, 0.05) is 30.2 Å². The molecule has 1 atom stereocenters. The zero-order valence-corrected chi connectivity index (χ0v) is 14.8. The van der Waals surface area contributed by atoms with Crippen LogP contribution in [0.15, 0.2) is 24.4 Å². The molecule has 1 unspecified atom stereocenters. The van der Waals surface area contributed by atoms with Crippen molar-refractivity contribution >= 4 is 16.8 Å². The molecule has 1 aromatic carbocycles. The van der Waals surface area contributed by atoms with Crippen LogP contribution in [0.2, 0.25) is 0 Å². The van der Waals surface area contributed by atoms with E-state index in [0.717, 1.165) is 32.4 Å². The Kier molecular flexibility index (Phi) is 4.77. The molecule has 1 aromatic heterocycles. The van der Waals surface area contributed by atoms with Gasteiger partial charge in [0.15, 0.2) is 6.10 Å². The van der Waals surface area contributed by atoms with Crippen LogP contribution in [-0.2, 0) is 20.7 Å². The molecule has 3 heterocycles. The number of rotatable bonds is 3. The number of hydrogen-bond acceptors (Lipinski definition) is 3. The third-order valence-corrected chi connectivity index (χ3v) is 5.55. The molecule has 134 valence electrons. The Morgan fingerprint density at radius 3 is 2.84 bits per heavy atom. The number of para-hydroxylation sites is 1. The van der Waals surface area contributed by atoms with Crippen molar-refractivity contribution in [3.63, 3.8) is 0 Å². The van der Waals surface area contributed by atoms with Crippen LogP contribution in [0.4, 0.5) is 0 Å². The number of nitrogens with one attached hydrogen (secondary N) is 1. The summed E-state index contributed by atoms with van der Waals surface area (Å²) < 4.78 is 10.9. The highest BCUT2D eigenvalue weighted by molar-refractivity contribution is 5.86. The largest absolute Gasteiger partial charge is 0.376 e. The second kappa shape index (κ2) is 7.18. The molecular formula is C20H26N2O3. The first-order valence-corrected chi connectivity index (χ1v) is 9.35. The Morgan fingerprint density at radius 1 is 1.28 bits per heavy atom. The summed E-state index contributed by atoms with van der Waals surface area (Å²) in [6.07, 6.45) is 4.80. The van der Waals surface area contributed by atoms with Crippen molar-refractivity contribution < 1.29 is 14.3 Å². The number of likely N-dealkylation sites (tertiary alicyclic amines) is 1. The Balaban J connectivity index is 1.44. The first-order valence-electron chi connectivity index (χ1n) is 9.35. The normalized spacial score (nSPS) is 22.4. The van der Waals surface area contributed by atoms with Crippen LogP contribution >= 0.6 is 0 Å². The van der Waals surface area contributed by atoms with E-state index in [2.05, 4.69) is 36.3 Å². The van der Waals surface area contributed by atoms with Crippen LogP contribution in [-0.4, -0.2) is 54.8 Å². The van der Waals surface area contributed by atoms with Crippen molar-refractivity contribution in [1.82, 2.24) is 9.88 Å². The van der Waals surface area contributed by atoms with Crippen molar-refractivity contribution in [3.8, 4) is 0 Å². The predicted octanol–water partition coefficient (Wildman–Crippen LogP) is 2.85. The molecule has 4 rings (SSSR count). The molecule has 0 radical (unpaired) electrons. The minimum atomic E-state index is -0.412. The van der Waals surface area contributed by atoms with Gasteiger partial charge >= 0.3 is 0 Å². The molecular weight excluding hydrogens is 316 g/mol. The molecule has 5 nitrogen and oxygen atoms in total. The Morgan fingerprint density at radius 2 is 2.12 bits per heavy atom. The van der Waals surface area contributed by atoms with Crippen molar-refractivity contribution in [2.45, 2.75) is 38.2 Å². The fourth-order valence-corrected chi connectivity index (χ4v) is 4.12. The quantitative estimate of drug-likeness (QED) is 0.933. The van der Waals surface area contributed by atoms with Gasteiger partial charge in [0.1, 0.15) is 0 Å². The number of amides is 1. The number of hydrogen-bond donors (Lipinski definition) is 1. The summed E-state index contributed by atoms with van der Waals surface area (Å²) in [5.74, 6) is 0.596. The molecule has 2 aliphatic heterocycles. The van der Waals surface area contributed by atoms with Crippen LogP contribution in [0.25, 0.3) is 10.9 Å². The monoisotopic (exact) mass is 342 g/mol. The number of carbonyl (C=O) groups excluding carboxylic acids is 1. The van der Waals surface area contributed by atoms with E-state index in [1.165, 1.54) is 22.0 Å². The summed E-state index contributed by atoms with van der Waals surface area (Å²) in [6.45, 7) is 5.28. The summed E-state index contributed by atoms with van der Waals surface area (Å²) in [5, 5.41) is 1.34. The minimum absolute atomic E-state index is 0.0883. The number of nitrogens with zero attached hydrogens (tertiary/aromatic N) is 1. The maximum absolute atomic E-state index is 12.6. The third-order valence-electron chi connectivity index (χ3n) is 5.55. The van der Waals surface area contributed by atoms with Gasteiger partial charge in [-0.25, -0.2) is 0 Å². The summed E-state index contributed by atoms with van der Waals surface area (Å²) in [4.78, 5) is 18.0. The number of aromatic nitrogens is 1. The van der Waals surface area contributed by atoms with Crippen molar-refractivity contribution in [1.29, 1.82) is 0 Å². The molecule has 1 amide bonds. The van der Waals surface area contributed by atoms with Crippen molar-refractivity contribution in [2.75, 3.05) is 32.9 Å². The van der Waals surface area contributed by atoms with Crippen LogP contribution < -0.4 is 0 Å². The molecule has 5 heteroatoms. The highest BCUT2D eigenvalue weighted by Gasteiger charge is 2.31. The predicted molar refractivity (Wildman–Crippen MR) is 96.8 cm³/mol. The van der Waals surface area contributed by atoms with E-state index >= 15 is 0 Å². The fourth-order valence-electron chi connectivity index (χ4n) is 4.12. The van der Waals surface area contributed by atoms with Crippen LogP contribution in [0.5, 0.6) is 0 Å². The van der Waals surface area contributed by atoms with Gasteiger partial charge < -0.3 is 19.4 Å².